The van der Waals surface area contributed by atoms with Gasteiger partial charge in [-0.05, 0) is 32.8 Å². The van der Waals surface area contributed by atoms with E-state index in [0.717, 1.165) is 11.4 Å². The smallest absolute Gasteiger partial charge is 0.337 e. The minimum absolute atomic E-state index is 0.301. The van der Waals surface area contributed by atoms with Crippen LogP contribution < -0.4 is 0 Å². The molecule has 0 spiro atoms. The Morgan fingerprint density at radius 3 is 2.13 bits per heavy atom. The highest BCUT2D eigenvalue weighted by Crippen LogP contribution is 2.26. The molecule has 0 amide bonds. The average Bonchev–Trinajstić information content (AvgIpc) is 2.42. The Morgan fingerprint density at radius 2 is 1.87 bits per heavy atom. The van der Waals surface area contributed by atoms with Gasteiger partial charge in [-0.15, -0.1) is 0 Å². The second-order valence-corrected chi connectivity index (χ2v) is 4.49. The third kappa shape index (κ3) is 2.06. The molecule has 3 nitrogen and oxygen atoms in total. The molecule has 84 valence electrons. The van der Waals surface area contributed by atoms with E-state index in [1.165, 1.54) is 0 Å². The van der Waals surface area contributed by atoms with Crippen LogP contribution in [0.15, 0.2) is 6.07 Å². The van der Waals surface area contributed by atoms with Crippen LogP contribution in [0.1, 0.15) is 61.4 Å². The van der Waals surface area contributed by atoms with E-state index in [-0.39, 0.29) is 0 Å². The van der Waals surface area contributed by atoms with Crippen molar-refractivity contribution in [3.05, 3.63) is 23.0 Å². The van der Waals surface area contributed by atoms with Gasteiger partial charge in [0, 0.05) is 17.4 Å². The first-order valence-corrected chi connectivity index (χ1v) is 5.31. The van der Waals surface area contributed by atoms with Crippen LogP contribution in [-0.4, -0.2) is 15.6 Å². The Kier molecular flexibility index (Phi) is 3.22. The average molecular weight is 209 g/mol. The fourth-order valence-corrected chi connectivity index (χ4v) is 1.99. The van der Waals surface area contributed by atoms with Crippen molar-refractivity contribution in [2.24, 2.45) is 0 Å². The van der Waals surface area contributed by atoms with Crippen LogP contribution in [0, 0.1) is 6.92 Å². The summed E-state index contributed by atoms with van der Waals surface area (Å²) in [6.45, 7) is 10.2. The lowest BCUT2D eigenvalue weighted by Crippen LogP contribution is -2.09. The fourth-order valence-electron chi connectivity index (χ4n) is 1.99. The normalized spacial score (nSPS) is 11.4. The summed E-state index contributed by atoms with van der Waals surface area (Å²) in [4.78, 5) is 11.0. The van der Waals surface area contributed by atoms with Crippen LogP contribution in [0.3, 0.4) is 0 Å². The van der Waals surface area contributed by atoms with E-state index in [0.29, 0.717) is 17.5 Å². The number of carboxylic acids is 1. The van der Waals surface area contributed by atoms with Gasteiger partial charge in [-0.2, -0.15) is 0 Å². The molecule has 3 heteroatoms. The molecule has 0 fully saturated rings. The van der Waals surface area contributed by atoms with Gasteiger partial charge < -0.3 is 9.67 Å². The van der Waals surface area contributed by atoms with Crippen LogP contribution in [0.25, 0.3) is 0 Å². The molecule has 1 rings (SSSR count). The van der Waals surface area contributed by atoms with E-state index in [4.69, 9.17) is 5.11 Å². The van der Waals surface area contributed by atoms with Gasteiger partial charge in [0.25, 0.3) is 0 Å². The highest BCUT2D eigenvalue weighted by Gasteiger charge is 2.19. The molecule has 0 atom stereocenters. The van der Waals surface area contributed by atoms with E-state index >= 15 is 0 Å². The highest BCUT2D eigenvalue weighted by molar-refractivity contribution is 5.89. The lowest BCUT2D eigenvalue weighted by molar-refractivity contribution is 0.0696. The molecular weight excluding hydrogens is 190 g/mol. The zero-order chi connectivity index (χ0) is 11.7. The molecule has 0 aromatic carbocycles. The summed E-state index contributed by atoms with van der Waals surface area (Å²) in [6, 6.07) is 2.10. The molecular formula is C12H19NO2. The molecule has 0 saturated carbocycles. The van der Waals surface area contributed by atoms with Gasteiger partial charge in [0.15, 0.2) is 0 Å². The quantitative estimate of drug-likeness (QED) is 0.830. The largest absolute Gasteiger partial charge is 0.478 e. The molecule has 0 radical (unpaired) electrons. The van der Waals surface area contributed by atoms with Crippen LogP contribution in [-0.2, 0) is 0 Å². The molecule has 0 aliphatic heterocycles. The molecule has 0 bridgehead atoms. The van der Waals surface area contributed by atoms with E-state index in [1.807, 2.05) is 6.92 Å². The second kappa shape index (κ2) is 4.09. The van der Waals surface area contributed by atoms with Gasteiger partial charge in [0.05, 0.1) is 5.56 Å². The molecule has 1 N–H and O–H groups in total. The first kappa shape index (κ1) is 11.8. The summed E-state index contributed by atoms with van der Waals surface area (Å²) < 4.78 is 2.11. The van der Waals surface area contributed by atoms with Gasteiger partial charge in [0.1, 0.15) is 0 Å². The first-order valence-electron chi connectivity index (χ1n) is 5.31. The van der Waals surface area contributed by atoms with Crippen molar-refractivity contribution in [2.75, 3.05) is 0 Å². The number of nitrogens with zero attached hydrogens (tertiary/aromatic N) is 1. The van der Waals surface area contributed by atoms with Gasteiger partial charge >= 0.3 is 5.97 Å². The summed E-state index contributed by atoms with van der Waals surface area (Å²) in [6.07, 6.45) is 0. The SMILES string of the molecule is Cc1c(C(=O)O)cc(C(C)C)n1C(C)C. The number of hydrogen-bond donors (Lipinski definition) is 1. The lowest BCUT2D eigenvalue weighted by Gasteiger charge is -2.17. The van der Waals surface area contributed by atoms with Crippen molar-refractivity contribution >= 4 is 5.97 Å². The molecule has 15 heavy (non-hydrogen) atoms. The topological polar surface area (TPSA) is 42.2 Å². The van der Waals surface area contributed by atoms with Crippen LogP contribution >= 0.6 is 0 Å². The van der Waals surface area contributed by atoms with Crippen LogP contribution in [0.2, 0.25) is 0 Å². The minimum atomic E-state index is -0.839. The monoisotopic (exact) mass is 209 g/mol. The number of aromatic nitrogens is 1. The fraction of sp³-hybridized carbons (Fsp3) is 0.583. The van der Waals surface area contributed by atoms with E-state index in [9.17, 15) is 4.79 Å². The van der Waals surface area contributed by atoms with Gasteiger partial charge in [0.2, 0.25) is 0 Å². The second-order valence-electron chi connectivity index (χ2n) is 4.49. The van der Waals surface area contributed by atoms with Crippen molar-refractivity contribution in [3.63, 3.8) is 0 Å². The van der Waals surface area contributed by atoms with Gasteiger partial charge in [-0.3, -0.25) is 0 Å². The number of aromatic carboxylic acids is 1. The van der Waals surface area contributed by atoms with E-state index < -0.39 is 5.97 Å². The first-order chi connectivity index (χ1) is 6.86. The standard InChI is InChI=1S/C12H19NO2/c1-7(2)11-6-10(12(14)15)9(5)13(11)8(3)4/h6-8H,1-5H3,(H,14,15). The molecule has 0 aliphatic carbocycles. The van der Waals surface area contributed by atoms with Crippen molar-refractivity contribution in [3.8, 4) is 0 Å². The Bertz CT molecular complexity index is 375. The molecule has 1 aromatic rings. The van der Waals surface area contributed by atoms with E-state index in [2.05, 4.69) is 32.3 Å². The third-order valence-electron chi connectivity index (χ3n) is 2.66. The number of carbonyl (C=O) groups is 1. The molecule has 0 saturated heterocycles. The van der Waals surface area contributed by atoms with E-state index in [1.54, 1.807) is 6.07 Å². The lowest BCUT2D eigenvalue weighted by atomic mass is 10.1. The minimum Gasteiger partial charge on any atom is -0.478 e. The van der Waals surface area contributed by atoms with Gasteiger partial charge in [-0.25, -0.2) is 4.79 Å². The predicted octanol–water partition coefficient (Wildman–Crippen LogP) is 3.20. The van der Waals surface area contributed by atoms with Crippen LogP contribution in [0.5, 0.6) is 0 Å². The Balaban J connectivity index is 3.39. The molecule has 0 unspecified atom stereocenters. The summed E-state index contributed by atoms with van der Waals surface area (Å²) in [5.41, 5.74) is 2.37. The number of carboxylic acid groups (broad SMARTS) is 1. The van der Waals surface area contributed by atoms with Crippen molar-refractivity contribution in [1.82, 2.24) is 4.57 Å². The summed E-state index contributed by atoms with van der Waals surface area (Å²) >= 11 is 0. The summed E-state index contributed by atoms with van der Waals surface area (Å²) in [5, 5.41) is 9.05. The Morgan fingerprint density at radius 1 is 1.33 bits per heavy atom. The number of rotatable bonds is 3. The maximum absolute atomic E-state index is 11.0. The predicted molar refractivity (Wildman–Crippen MR) is 60.6 cm³/mol. The Hall–Kier alpha value is -1.25. The van der Waals surface area contributed by atoms with Crippen molar-refractivity contribution in [2.45, 2.75) is 46.6 Å². The molecule has 1 aromatic heterocycles. The van der Waals surface area contributed by atoms with Gasteiger partial charge in [-0.1, -0.05) is 13.8 Å². The zero-order valence-corrected chi connectivity index (χ0v) is 10.0. The number of hydrogen-bond acceptors (Lipinski definition) is 1. The van der Waals surface area contributed by atoms with Crippen molar-refractivity contribution in [1.29, 1.82) is 0 Å². The Labute approximate surface area is 90.7 Å². The molecule has 0 aliphatic rings. The molecule has 1 heterocycles. The highest BCUT2D eigenvalue weighted by atomic mass is 16.4. The maximum atomic E-state index is 11.0. The third-order valence-corrected chi connectivity index (χ3v) is 2.66. The summed E-state index contributed by atoms with van der Waals surface area (Å²) in [5.74, 6) is -0.493. The van der Waals surface area contributed by atoms with Crippen LogP contribution in [0.4, 0.5) is 0 Å². The maximum Gasteiger partial charge on any atom is 0.337 e. The van der Waals surface area contributed by atoms with Crippen molar-refractivity contribution < 1.29 is 9.90 Å². The zero-order valence-electron chi connectivity index (χ0n) is 10.0. The summed E-state index contributed by atoms with van der Waals surface area (Å²) in [7, 11) is 0.